The van der Waals surface area contributed by atoms with Crippen LogP contribution in [0.15, 0.2) is 36.5 Å². The molecule has 0 bridgehead atoms. The highest BCUT2D eigenvalue weighted by Gasteiger charge is 2.24. The van der Waals surface area contributed by atoms with Crippen LogP contribution in [0.3, 0.4) is 0 Å². The summed E-state index contributed by atoms with van der Waals surface area (Å²) >= 11 is 0. The van der Waals surface area contributed by atoms with Crippen molar-refractivity contribution in [1.29, 1.82) is 0 Å². The van der Waals surface area contributed by atoms with Crippen molar-refractivity contribution in [2.24, 2.45) is 0 Å². The summed E-state index contributed by atoms with van der Waals surface area (Å²) in [5, 5.41) is 2.98. The van der Waals surface area contributed by atoms with Gasteiger partial charge in [0.15, 0.2) is 23.4 Å². The van der Waals surface area contributed by atoms with Crippen LogP contribution >= 0.6 is 0 Å². The van der Waals surface area contributed by atoms with E-state index in [9.17, 15) is 0 Å². The molecule has 5 heteroatoms. The largest absolute Gasteiger partial charge is 0.485 e. The molecular weight excluding hydrogens is 230 g/mol. The molecule has 0 radical (unpaired) electrons. The van der Waals surface area contributed by atoms with Gasteiger partial charge in [0, 0.05) is 13.2 Å². The Bertz CT molecular complexity index is 559. The summed E-state index contributed by atoms with van der Waals surface area (Å²) in [7, 11) is 1.82. The zero-order chi connectivity index (χ0) is 12.4. The van der Waals surface area contributed by atoms with Crippen LogP contribution in [0.5, 0.6) is 11.5 Å². The molecule has 1 aromatic carbocycles. The molecule has 0 spiro atoms. The Morgan fingerprint density at radius 2 is 2.06 bits per heavy atom. The van der Waals surface area contributed by atoms with Gasteiger partial charge in [0.1, 0.15) is 12.4 Å². The second-order valence-electron chi connectivity index (χ2n) is 3.91. The lowest BCUT2D eigenvalue weighted by Gasteiger charge is -2.25. The van der Waals surface area contributed by atoms with Crippen molar-refractivity contribution in [1.82, 2.24) is 9.97 Å². The molecule has 0 amide bonds. The third-order valence-corrected chi connectivity index (χ3v) is 2.73. The van der Waals surface area contributed by atoms with Crippen LogP contribution in [0.1, 0.15) is 11.9 Å². The van der Waals surface area contributed by atoms with Crippen molar-refractivity contribution < 1.29 is 9.47 Å². The second-order valence-corrected chi connectivity index (χ2v) is 3.91. The molecule has 1 N–H and O–H groups in total. The average molecular weight is 243 g/mol. The highest BCUT2D eigenvalue weighted by atomic mass is 16.6. The molecule has 0 saturated heterocycles. The summed E-state index contributed by atoms with van der Waals surface area (Å²) in [5.74, 6) is 2.88. The fraction of sp³-hybridized carbons (Fsp3) is 0.231. The number of fused-ring (bicyclic) bond motifs is 1. The molecule has 0 aliphatic carbocycles. The van der Waals surface area contributed by atoms with Crippen LogP contribution in [-0.2, 0) is 0 Å². The van der Waals surface area contributed by atoms with Gasteiger partial charge in [-0.1, -0.05) is 12.1 Å². The van der Waals surface area contributed by atoms with Crippen molar-refractivity contribution >= 4 is 5.82 Å². The van der Waals surface area contributed by atoms with E-state index in [1.54, 1.807) is 12.3 Å². The van der Waals surface area contributed by atoms with Gasteiger partial charge in [0.2, 0.25) is 0 Å². The van der Waals surface area contributed by atoms with Crippen LogP contribution in [0.25, 0.3) is 0 Å². The van der Waals surface area contributed by atoms with Gasteiger partial charge < -0.3 is 14.8 Å². The molecule has 0 saturated carbocycles. The molecule has 1 atom stereocenters. The molecule has 1 unspecified atom stereocenters. The number of rotatable bonds is 2. The molecule has 2 heterocycles. The number of aromatic nitrogens is 2. The van der Waals surface area contributed by atoms with Gasteiger partial charge in [-0.2, -0.15) is 0 Å². The number of ether oxygens (including phenoxy) is 2. The molecular formula is C13H13N3O2. The number of nitrogens with one attached hydrogen (secondary N) is 1. The Labute approximate surface area is 105 Å². The molecule has 5 nitrogen and oxygen atoms in total. The van der Waals surface area contributed by atoms with E-state index in [-0.39, 0.29) is 6.10 Å². The zero-order valence-corrected chi connectivity index (χ0v) is 9.96. The van der Waals surface area contributed by atoms with Crippen molar-refractivity contribution in [3.63, 3.8) is 0 Å². The summed E-state index contributed by atoms with van der Waals surface area (Å²) in [5.41, 5.74) is 0. The molecule has 18 heavy (non-hydrogen) atoms. The molecule has 2 aromatic rings. The van der Waals surface area contributed by atoms with Gasteiger partial charge in [0.25, 0.3) is 0 Å². The number of anilines is 1. The van der Waals surface area contributed by atoms with Crippen LogP contribution in [0.2, 0.25) is 0 Å². The van der Waals surface area contributed by atoms with E-state index in [0.29, 0.717) is 12.4 Å². The maximum absolute atomic E-state index is 5.84. The number of benzene rings is 1. The van der Waals surface area contributed by atoms with E-state index in [2.05, 4.69) is 15.3 Å². The van der Waals surface area contributed by atoms with E-state index in [1.807, 2.05) is 31.3 Å². The van der Waals surface area contributed by atoms with Crippen molar-refractivity contribution in [3.05, 3.63) is 42.4 Å². The lowest BCUT2D eigenvalue weighted by molar-refractivity contribution is 0.0851. The second kappa shape index (κ2) is 4.52. The topological polar surface area (TPSA) is 56.3 Å². The molecule has 3 rings (SSSR count). The van der Waals surface area contributed by atoms with E-state index in [4.69, 9.17) is 9.47 Å². The Hall–Kier alpha value is -2.30. The Morgan fingerprint density at radius 3 is 2.89 bits per heavy atom. The number of para-hydroxylation sites is 2. The molecule has 92 valence electrons. The average Bonchev–Trinajstić information content (AvgIpc) is 2.47. The highest BCUT2D eigenvalue weighted by Crippen LogP contribution is 2.34. The van der Waals surface area contributed by atoms with E-state index < -0.39 is 0 Å². The third kappa shape index (κ3) is 1.95. The van der Waals surface area contributed by atoms with Gasteiger partial charge in [-0.25, -0.2) is 9.97 Å². The van der Waals surface area contributed by atoms with Crippen LogP contribution in [-0.4, -0.2) is 23.6 Å². The smallest absolute Gasteiger partial charge is 0.192 e. The summed E-state index contributed by atoms with van der Waals surface area (Å²) < 4.78 is 11.5. The predicted octanol–water partition coefficient (Wildman–Crippen LogP) is 2.03. The first kappa shape index (κ1) is 10.8. The minimum absolute atomic E-state index is 0.270. The van der Waals surface area contributed by atoms with Crippen molar-refractivity contribution in [2.45, 2.75) is 6.10 Å². The monoisotopic (exact) mass is 243 g/mol. The van der Waals surface area contributed by atoms with Gasteiger partial charge in [0.05, 0.1) is 0 Å². The lowest BCUT2D eigenvalue weighted by atomic mass is 10.2. The first-order valence-corrected chi connectivity index (χ1v) is 5.76. The number of hydrogen-bond donors (Lipinski definition) is 1. The minimum Gasteiger partial charge on any atom is -0.485 e. The van der Waals surface area contributed by atoms with Gasteiger partial charge >= 0.3 is 0 Å². The zero-order valence-electron chi connectivity index (χ0n) is 9.96. The molecule has 0 fully saturated rings. The maximum atomic E-state index is 5.84. The standard InChI is InChI=1S/C13H13N3O2/c1-14-12-6-7-15-13(16-12)11-8-17-9-4-2-3-5-10(9)18-11/h2-7,11H,8H2,1H3,(H,14,15,16). The van der Waals surface area contributed by atoms with Gasteiger partial charge in [-0.3, -0.25) is 0 Å². The van der Waals surface area contributed by atoms with E-state index in [0.717, 1.165) is 17.3 Å². The summed E-state index contributed by atoms with van der Waals surface area (Å²) in [6.45, 7) is 0.421. The van der Waals surface area contributed by atoms with E-state index in [1.165, 1.54) is 0 Å². The van der Waals surface area contributed by atoms with Crippen LogP contribution < -0.4 is 14.8 Å². The fourth-order valence-electron chi connectivity index (χ4n) is 1.81. The quantitative estimate of drug-likeness (QED) is 0.874. The lowest BCUT2D eigenvalue weighted by Crippen LogP contribution is -2.23. The summed E-state index contributed by atoms with van der Waals surface area (Å²) in [4.78, 5) is 8.59. The Balaban J connectivity index is 1.87. The Morgan fingerprint density at radius 1 is 1.22 bits per heavy atom. The van der Waals surface area contributed by atoms with E-state index >= 15 is 0 Å². The van der Waals surface area contributed by atoms with Gasteiger partial charge in [-0.05, 0) is 18.2 Å². The molecule has 1 aromatic heterocycles. The van der Waals surface area contributed by atoms with Crippen LogP contribution in [0.4, 0.5) is 5.82 Å². The third-order valence-electron chi connectivity index (χ3n) is 2.73. The number of hydrogen-bond acceptors (Lipinski definition) is 5. The Kier molecular flexibility index (Phi) is 2.72. The summed E-state index contributed by atoms with van der Waals surface area (Å²) in [6, 6.07) is 9.40. The van der Waals surface area contributed by atoms with Crippen LogP contribution in [0, 0.1) is 0 Å². The first-order valence-electron chi connectivity index (χ1n) is 5.76. The minimum atomic E-state index is -0.270. The predicted molar refractivity (Wildman–Crippen MR) is 66.9 cm³/mol. The molecule has 1 aliphatic rings. The van der Waals surface area contributed by atoms with Crippen molar-refractivity contribution in [2.75, 3.05) is 19.0 Å². The van der Waals surface area contributed by atoms with Gasteiger partial charge in [-0.15, -0.1) is 0 Å². The maximum Gasteiger partial charge on any atom is 0.192 e. The normalized spacial score (nSPS) is 17.3. The molecule has 1 aliphatic heterocycles. The first-order chi connectivity index (χ1) is 8.86. The summed E-state index contributed by atoms with van der Waals surface area (Å²) in [6.07, 6.45) is 1.44. The SMILES string of the molecule is CNc1ccnc(C2COc3ccccc3O2)n1. The van der Waals surface area contributed by atoms with Crippen molar-refractivity contribution in [3.8, 4) is 11.5 Å². The highest BCUT2D eigenvalue weighted by molar-refractivity contribution is 5.41. The number of nitrogens with zero attached hydrogens (tertiary/aromatic N) is 2. The fourth-order valence-corrected chi connectivity index (χ4v) is 1.81.